The molecule has 0 atom stereocenters. The Labute approximate surface area is 136 Å². The maximum absolute atomic E-state index is 13.2. The largest absolute Gasteiger partial charge is 0.300 e. The Morgan fingerprint density at radius 2 is 2.00 bits per heavy atom. The van der Waals surface area contributed by atoms with E-state index in [1.165, 1.54) is 22.5 Å². The van der Waals surface area contributed by atoms with Crippen LogP contribution < -0.4 is 0 Å². The predicted molar refractivity (Wildman–Crippen MR) is 88.8 cm³/mol. The lowest BCUT2D eigenvalue weighted by atomic mass is 9.79. The first-order valence-electron chi connectivity index (χ1n) is 7.63. The first-order chi connectivity index (χ1) is 10.2. The summed E-state index contributed by atoms with van der Waals surface area (Å²) in [5.41, 5.74) is 1.11. The molecule has 0 spiro atoms. The van der Waals surface area contributed by atoms with E-state index in [2.05, 4.69) is 39.0 Å². The van der Waals surface area contributed by atoms with Crippen LogP contribution in [0, 0.1) is 0 Å². The number of halogens is 2. The zero-order valence-corrected chi connectivity index (χ0v) is 14.2. The Morgan fingerprint density at radius 1 is 1.24 bits per heavy atom. The fourth-order valence-electron chi connectivity index (χ4n) is 3.41. The maximum Gasteiger partial charge on any atom is 0.103 e. The van der Waals surface area contributed by atoms with E-state index in [1.54, 1.807) is 0 Å². The van der Waals surface area contributed by atoms with Crippen molar-refractivity contribution in [1.29, 1.82) is 0 Å². The Hall–Kier alpha value is -0.520. The minimum Gasteiger partial charge on any atom is -0.300 e. The number of benzene rings is 1. The normalized spacial score (nSPS) is 27.9. The third kappa shape index (κ3) is 2.76. The van der Waals surface area contributed by atoms with Gasteiger partial charge in [0.25, 0.3) is 0 Å². The van der Waals surface area contributed by atoms with E-state index in [4.69, 9.17) is 4.98 Å². The Kier molecular flexibility index (Phi) is 3.76. The summed E-state index contributed by atoms with van der Waals surface area (Å²) >= 11 is 5.34. The average molecular weight is 369 g/mol. The molecule has 0 unspecified atom stereocenters. The highest BCUT2D eigenvalue weighted by atomic mass is 79.9. The molecule has 5 heteroatoms. The van der Waals surface area contributed by atoms with Gasteiger partial charge in [-0.05, 0) is 43.9 Å². The molecule has 0 amide bonds. The van der Waals surface area contributed by atoms with E-state index >= 15 is 0 Å². The fraction of sp³-hybridized carbons (Fsp3) is 0.562. The van der Waals surface area contributed by atoms with Gasteiger partial charge in [0.05, 0.1) is 15.2 Å². The molecule has 2 heterocycles. The number of hydrogen-bond acceptors (Lipinski definition) is 3. The molecule has 0 N–H and O–H groups in total. The smallest absolute Gasteiger partial charge is 0.103 e. The second-order valence-electron chi connectivity index (χ2n) is 6.20. The highest BCUT2D eigenvalue weighted by molar-refractivity contribution is 9.10. The molecule has 1 saturated heterocycles. The first-order valence-corrected chi connectivity index (χ1v) is 9.24. The molecular formula is C16H18BrFN2S. The predicted octanol–water partition coefficient (Wildman–Crippen LogP) is 4.74. The van der Waals surface area contributed by atoms with Gasteiger partial charge in [-0.25, -0.2) is 9.37 Å². The highest BCUT2D eigenvalue weighted by Crippen LogP contribution is 2.43. The van der Waals surface area contributed by atoms with Crippen LogP contribution in [0.1, 0.15) is 36.6 Å². The van der Waals surface area contributed by atoms with Gasteiger partial charge < -0.3 is 4.90 Å². The second kappa shape index (κ2) is 5.60. The quantitative estimate of drug-likeness (QED) is 0.760. The van der Waals surface area contributed by atoms with Gasteiger partial charge in [0.2, 0.25) is 0 Å². The maximum atomic E-state index is 13.2. The summed E-state index contributed by atoms with van der Waals surface area (Å²) in [6.45, 7) is 1.87. The molecule has 2 fully saturated rings. The number of rotatable bonds is 2. The third-order valence-corrected chi connectivity index (χ3v) is 6.48. The number of hydrogen-bond donors (Lipinski definition) is 0. The van der Waals surface area contributed by atoms with Crippen molar-refractivity contribution in [2.75, 3.05) is 13.1 Å². The van der Waals surface area contributed by atoms with Crippen LogP contribution in [0.5, 0.6) is 0 Å². The summed E-state index contributed by atoms with van der Waals surface area (Å²) in [5, 5.41) is 1.28. The summed E-state index contributed by atoms with van der Waals surface area (Å²) in [4.78, 5) is 7.27. The summed E-state index contributed by atoms with van der Waals surface area (Å²) in [6, 6.07) is 6.94. The van der Waals surface area contributed by atoms with Gasteiger partial charge in [-0.3, -0.25) is 0 Å². The van der Waals surface area contributed by atoms with Gasteiger partial charge in [-0.1, -0.05) is 15.9 Å². The molecule has 112 valence electrons. The molecule has 1 aromatic carbocycles. The number of piperidine rings is 1. The summed E-state index contributed by atoms with van der Waals surface area (Å²) in [5.74, 6) is 0.606. The van der Waals surface area contributed by atoms with E-state index in [0.29, 0.717) is 12.0 Å². The molecule has 4 rings (SSSR count). The van der Waals surface area contributed by atoms with E-state index in [-0.39, 0.29) is 0 Å². The fourth-order valence-corrected chi connectivity index (χ4v) is 5.06. The van der Waals surface area contributed by atoms with Crippen molar-refractivity contribution in [3.63, 3.8) is 0 Å². The van der Waals surface area contributed by atoms with E-state index < -0.39 is 6.17 Å². The van der Waals surface area contributed by atoms with Crippen molar-refractivity contribution in [2.45, 2.75) is 43.8 Å². The third-order valence-electron chi connectivity index (χ3n) is 4.80. The number of fused-ring (bicyclic) bond motifs is 1. The van der Waals surface area contributed by atoms with Crippen LogP contribution in [0.15, 0.2) is 22.7 Å². The lowest BCUT2D eigenvalue weighted by Gasteiger charge is -2.44. The van der Waals surface area contributed by atoms with Crippen molar-refractivity contribution in [2.24, 2.45) is 0 Å². The van der Waals surface area contributed by atoms with E-state index in [1.807, 2.05) is 11.3 Å². The van der Waals surface area contributed by atoms with Gasteiger partial charge in [0.15, 0.2) is 0 Å². The van der Waals surface area contributed by atoms with Crippen LogP contribution in [0.25, 0.3) is 10.2 Å². The van der Waals surface area contributed by atoms with Gasteiger partial charge in [-0.15, -0.1) is 11.3 Å². The summed E-state index contributed by atoms with van der Waals surface area (Å²) in [6.07, 6.45) is 3.25. The number of likely N-dealkylation sites (tertiary alicyclic amines) is 1. The molecule has 0 radical (unpaired) electrons. The van der Waals surface area contributed by atoms with Gasteiger partial charge in [-0.2, -0.15) is 0 Å². The monoisotopic (exact) mass is 368 g/mol. The highest BCUT2D eigenvalue weighted by Gasteiger charge is 2.37. The topological polar surface area (TPSA) is 16.1 Å². The number of nitrogens with zero attached hydrogens (tertiary/aromatic N) is 2. The molecule has 2 aromatic rings. The average Bonchev–Trinajstić information content (AvgIpc) is 2.81. The standard InChI is InChI=1S/C16H18BrFN2S/c17-11-1-2-14-15(9-11)21-16(19-14)10-7-13(8-10)20-5-3-12(18)4-6-20/h1-2,9-10,12-13H,3-8H2. The van der Waals surface area contributed by atoms with Crippen molar-refractivity contribution in [1.82, 2.24) is 9.88 Å². The molecule has 1 aliphatic heterocycles. The molecule has 2 nitrogen and oxygen atoms in total. The van der Waals surface area contributed by atoms with Crippen LogP contribution >= 0.6 is 27.3 Å². The molecule has 0 bridgehead atoms. The zero-order chi connectivity index (χ0) is 14.4. The lowest BCUT2D eigenvalue weighted by Crippen LogP contribution is -2.47. The molecule has 1 aromatic heterocycles. The van der Waals surface area contributed by atoms with Crippen LogP contribution in [0.4, 0.5) is 4.39 Å². The van der Waals surface area contributed by atoms with Gasteiger partial charge >= 0.3 is 0 Å². The number of aromatic nitrogens is 1. The van der Waals surface area contributed by atoms with Crippen LogP contribution in [-0.2, 0) is 0 Å². The second-order valence-corrected chi connectivity index (χ2v) is 8.17. The van der Waals surface area contributed by atoms with Crippen LogP contribution in [0.2, 0.25) is 0 Å². The molecule has 1 aliphatic carbocycles. The Balaban J connectivity index is 1.42. The Bertz CT molecular complexity index is 645. The molecule has 2 aliphatic rings. The van der Waals surface area contributed by atoms with Crippen LogP contribution in [0.3, 0.4) is 0 Å². The molecule has 21 heavy (non-hydrogen) atoms. The molecule has 1 saturated carbocycles. The summed E-state index contributed by atoms with van der Waals surface area (Å²) in [7, 11) is 0. The van der Waals surface area contributed by atoms with E-state index in [0.717, 1.165) is 35.9 Å². The molecular weight excluding hydrogens is 351 g/mol. The minimum atomic E-state index is -0.570. The zero-order valence-electron chi connectivity index (χ0n) is 11.8. The first kappa shape index (κ1) is 14.1. The van der Waals surface area contributed by atoms with Crippen molar-refractivity contribution < 1.29 is 4.39 Å². The number of alkyl halides is 1. The minimum absolute atomic E-state index is 0.570. The van der Waals surface area contributed by atoms with Crippen molar-refractivity contribution >= 4 is 37.5 Å². The number of thiazole rings is 1. The SMILES string of the molecule is FC1CCN(C2CC(c3nc4ccc(Br)cc4s3)C2)CC1. The van der Waals surface area contributed by atoms with Gasteiger partial charge in [0, 0.05) is 29.5 Å². The van der Waals surface area contributed by atoms with Crippen LogP contribution in [-0.4, -0.2) is 35.2 Å². The van der Waals surface area contributed by atoms with E-state index in [9.17, 15) is 4.39 Å². The lowest BCUT2D eigenvalue weighted by molar-refractivity contribution is 0.0610. The Morgan fingerprint density at radius 3 is 2.76 bits per heavy atom. The summed E-state index contributed by atoms with van der Waals surface area (Å²) < 4.78 is 15.6. The van der Waals surface area contributed by atoms with Crippen molar-refractivity contribution in [3.8, 4) is 0 Å². The van der Waals surface area contributed by atoms with Gasteiger partial charge in [0.1, 0.15) is 6.17 Å². The van der Waals surface area contributed by atoms with Crippen molar-refractivity contribution in [3.05, 3.63) is 27.7 Å².